The molecule has 6 heteroatoms. The Kier molecular flexibility index (Phi) is 5.87. The molecule has 0 amide bonds. The number of ether oxygens (including phenoxy) is 2. The Morgan fingerprint density at radius 3 is 2.22 bits per heavy atom. The number of halogens is 1. The van der Waals surface area contributed by atoms with Crippen LogP contribution in [0.5, 0.6) is 0 Å². The summed E-state index contributed by atoms with van der Waals surface area (Å²) in [5, 5.41) is 0. The largest absolute Gasteiger partial charge is 0.461 e. The Hall–Kier alpha value is -1.88. The molecule has 0 fully saturated rings. The van der Waals surface area contributed by atoms with E-state index in [1.54, 1.807) is 0 Å². The van der Waals surface area contributed by atoms with Crippen LogP contribution in [-0.4, -0.2) is 17.4 Å². The van der Waals surface area contributed by atoms with Crippen LogP contribution in [0.25, 0.3) is 0 Å². The monoisotopic (exact) mass is 270 g/mol. The molecule has 0 aliphatic heterocycles. The summed E-state index contributed by atoms with van der Waals surface area (Å²) < 4.78 is 8.96. The second-order valence-electron chi connectivity index (χ2n) is 3.36. The molecule has 1 aromatic rings. The van der Waals surface area contributed by atoms with E-state index < -0.39 is 17.4 Å². The van der Waals surface area contributed by atoms with E-state index in [-0.39, 0.29) is 19.4 Å². The zero-order valence-corrected chi connectivity index (χ0v) is 10.2. The van der Waals surface area contributed by atoms with Gasteiger partial charge in [-0.3, -0.25) is 9.59 Å². The van der Waals surface area contributed by atoms with Crippen molar-refractivity contribution in [2.75, 3.05) is 0 Å². The van der Waals surface area contributed by atoms with Crippen LogP contribution in [0.1, 0.15) is 18.4 Å². The van der Waals surface area contributed by atoms with Crippen molar-refractivity contribution in [3.63, 3.8) is 0 Å². The molecule has 0 aromatic heterocycles. The molecule has 0 bridgehead atoms. The van der Waals surface area contributed by atoms with Gasteiger partial charge in [0.1, 0.15) is 6.61 Å². The van der Waals surface area contributed by atoms with Crippen LogP contribution in [0.2, 0.25) is 0 Å². The summed E-state index contributed by atoms with van der Waals surface area (Å²) in [6.45, 7) is 0.142. The van der Waals surface area contributed by atoms with Crippen LogP contribution in [0.15, 0.2) is 30.3 Å². The maximum atomic E-state index is 11.3. The molecule has 18 heavy (non-hydrogen) atoms. The van der Waals surface area contributed by atoms with Gasteiger partial charge in [-0.15, -0.1) is 0 Å². The van der Waals surface area contributed by atoms with Gasteiger partial charge in [0.25, 0.3) is 0 Å². The molecule has 5 nitrogen and oxygen atoms in total. The number of rotatable bonds is 5. The molecule has 0 saturated carbocycles. The SMILES string of the molecule is O=C(Cl)OC(=O)CCC(=O)OCc1ccccc1. The van der Waals surface area contributed by atoms with Gasteiger partial charge in [-0.25, -0.2) is 4.79 Å². The van der Waals surface area contributed by atoms with Crippen molar-refractivity contribution in [2.45, 2.75) is 19.4 Å². The minimum absolute atomic E-state index is 0.142. The molecule has 0 saturated heterocycles. The molecule has 0 unspecified atom stereocenters. The van der Waals surface area contributed by atoms with Crippen LogP contribution in [0, 0.1) is 0 Å². The van der Waals surface area contributed by atoms with Gasteiger partial charge in [-0.05, 0) is 5.56 Å². The number of carbonyl (C=O) groups is 3. The van der Waals surface area contributed by atoms with Crippen molar-refractivity contribution in [3.8, 4) is 0 Å². The van der Waals surface area contributed by atoms with Crippen molar-refractivity contribution < 1.29 is 23.9 Å². The second-order valence-corrected chi connectivity index (χ2v) is 3.67. The predicted molar refractivity (Wildman–Crippen MR) is 62.8 cm³/mol. The lowest BCUT2D eigenvalue weighted by Crippen LogP contribution is -2.11. The fourth-order valence-electron chi connectivity index (χ4n) is 1.15. The molecular weight excluding hydrogens is 260 g/mol. The third-order valence-corrected chi connectivity index (χ3v) is 2.05. The highest BCUT2D eigenvalue weighted by Gasteiger charge is 2.11. The summed E-state index contributed by atoms with van der Waals surface area (Å²) in [7, 11) is 0. The van der Waals surface area contributed by atoms with E-state index >= 15 is 0 Å². The first kappa shape index (κ1) is 14.2. The van der Waals surface area contributed by atoms with Crippen molar-refractivity contribution in [2.24, 2.45) is 0 Å². The predicted octanol–water partition coefficient (Wildman–Crippen LogP) is 2.41. The van der Waals surface area contributed by atoms with Gasteiger partial charge >= 0.3 is 17.4 Å². The van der Waals surface area contributed by atoms with Crippen molar-refractivity contribution in [1.82, 2.24) is 0 Å². The smallest absolute Gasteiger partial charge is 0.411 e. The molecule has 1 rings (SSSR count). The molecule has 96 valence electrons. The minimum Gasteiger partial charge on any atom is -0.461 e. The summed E-state index contributed by atoms with van der Waals surface area (Å²) in [4.78, 5) is 32.4. The Labute approximate surface area is 109 Å². The summed E-state index contributed by atoms with van der Waals surface area (Å²) in [5.41, 5.74) is -0.359. The molecule has 0 atom stereocenters. The lowest BCUT2D eigenvalue weighted by Gasteiger charge is -2.04. The number of carbonyl (C=O) groups excluding carboxylic acids is 3. The fourth-order valence-corrected chi connectivity index (χ4v) is 1.24. The molecule has 0 aliphatic carbocycles. The van der Waals surface area contributed by atoms with E-state index in [1.807, 2.05) is 30.3 Å². The lowest BCUT2D eigenvalue weighted by atomic mass is 10.2. The Morgan fingerprint density at radius 1 is 1.00 bits per heavy atom. The van der Waals surface area contributed by atoms with Crippen molar-refractivity contribution in [1.29, 1.82) is 0 Å². The van der Waals surface area contributed by atoms with E-state index in [0.29, 0.717) is 0 Å². The first-order chi connectivity index (χ1) is 8.58. The molecule has 0 aliphatic rings. The zero-order valence-electron chi connectivity index (χ0n) is 9.43. The highest BCUT2D eigenvalue weighted by atomic mass is 35.5. The van der Waals surface area contributed by atoms with E-state index in [4.69, 9.17) is 16.3 Å². The number of esters is 2. The van der Waals surface area contributed by atoms with E-state index in [2.05, 4.69) is 4.74 Å². The normalized spacial score (nSPS) is 9.61. The van der Waals surface area contributed by atoms with Crippen molar-refractivity contribution in [3.05, 3.63) is 35.9 Å². The highest BCUT2D eigenvalue weighted by Crippen LogP contribution is 2.03. The molecular formula is C12H11ClO5. The van der Waals surface area contributed by atoms with Gasteiger partial charge in [-0.2, -0.15) is 0 Å². The Morgan fingerprint density at radius 2 is 1.61 bits per heavy atom. The van der Waals surface area contributed by atoms with Gasteiger partial charge in [0.05, 0.1) is 12.8 Å². The molecule has 1 aromatic carbocycles. The first-order valence-electron chi connectivity index (χ1n) is 5.17. The third-order valence-electron chi connectivity index (χ3n) is 1.97. The standard InChI is InChI=1S/C12H11ClO5/c13-12(16)18-11(15)7-6-10(14)17-8-9-4-2-1-3-5-9/h1-5H,6-8H2. The number of hydrogen-bond acceptors (Lipinski definition) is 5. The van der Waals surface area contributed by atoms with E-state index in [9.17, 15) is 14.4 Å². The number of hydrogen-bond donors (Lipinski definition) is 0. The number of benzene rings is 1. The summed E-state index contributed by atoms with van der Waals surface area (Å²) in [5.74, 6) is -1.40. The van der Waals surface area contributed by atoms with E-state index in [1.165, 1.54) is 0 Å². The Balaban J connectivity index is 2.22. The lowest BCUT2D eigenvalue weighted by molar-refractivity contribution is -0.148. The van der Waals surface area contributed by atoms with Gasteiger partial charge in [-0.1, -0.05) is 30.3 Å². The average molecular weight is 271 g/mol. The second kappa shape index (κ2) is 7.45. The van der Waals surface area contributed by atoms with Gasteiger partial charge < -0.3 is 9.47 Å². The zero-order chi connectivity index (χ0) is 13.4. The minimum atomic E-state index is -1.21. The van der Waals surface area contributed by atoms with Crippen LogP contribution >= 0.6 is 11.6 Å². The topological polar surface area (TPSA) is 69.7 Å². The van der Waals surface area contributed by atoms with Gasteiger partial charge in [0, 0.05) is 11.6 Å². The maximum absolute atomic E-state index is 11.3. The van der Waals surface area contributed by atoms with Crippen molar-refractivity contribution >= 4 is 29.0 Å². The van der Waals surface area contributed by atoms with Crippen LogP contribution in [0.4, 0.5) is 4.79 Å². The molecule has 0 N–H and O–H groups in total. The summed E-state index contributed by atoms with van der Waals surface area (Å²) in [6.07, 6.45) is -0.401. The fraction of sp³-hybridized carbons (Fsp3) is 0.250. The summed E-state index contributed by atoms with van der Waals surface area (Å²) >= 11 is 4.83. The highest BCUT2D eigenvalue weighted by molar-refractivity contribution is 6.61. The summed E-state index contributed by atoms with van der Waals surface area (Å²) in [6, 6.07) is 9.13. The quantitative estimate of drug-likeness (QED) is 0.467. The van der Waals surface area contributed by atoms with Crippen LogP contribution in [-0.2, 0) is 25.7 Å². The van der Waals surface area contributed by atoms with Gasteiger partial charge in [0.15, 0.2) is 0 Å². The molecule has 0 radical (unpaired) electrons. The van der Waals surface area contributed by atoms with E-state index in [0.717, 1.165) is 5.56 Å². The maximum Gasteiger partial charge on any atom is 0.411 e. The molecule has 0 spiro atoms. The molecule has 0 heterocycles. The average Bonchev–Trinajstić information content (AvgIpc) is 2.34. The Bertz CT molecular complexity index is 429. The third kappa shape index (κ3) is 6.00. The van der Waals surface area contributed by atoms with Gasteiger partial charge in [0.2, 0.25) is 0 Å². The van der Waals surface area contributed by atoms with Crippen LogP contribution in [0.3, 0.4) is 0 Å². The van der Waals surface area contributed by atoms with Crippen LogP contribution < -0.4 is 0 Å². The first-order valence-corrected chi connectivity index (χ1v) is 5.55.